The molecule has 0 spiro atoms. The van der Waals surface area contributed by atoms with Crippen LogP contribution in [0.5, 0.6) is 11.5 Å². The van der Waals surface area contributed by atoms with E-state index in [1.165, 1.54) is 13.2 Å². The second kappa shape index (κ2) is 5.14. The van der Waals surface area contributed by atoms with E-state index in [2.05, 4.69) is 20.7 Å². The van der Waals surface area contributed by atoms with Gasteiger partial charge in [0.25, 0.3) is 0 Å². The number of methoxy groups -OCH3 is 1. The lowest BCUT2D eigenvalue weighted by Crippen LogP contribution is -2.06. The van der Waals surface area contributed by atoms with Gasteiger partial charge in [-0.25, -0.2) is 4.79 Å². The largest absolute Gasteiger partial charge is 0.489 e. The molecule has 17 heavy (non-hydrogen) atoms. The number of hydrogen-bond donors (Lipinski definition) is 0. The van der Waals surface area contributed by atoms with Gasteiger partial charge < -0.3 is 14.2 Å². The fourth-order valence-corrected chi connectivity index (χ4v) is 2.13. The van der Waals surface area contributed by atoms with Gasteiger partial charge in [0, 0.05) is 6.42 Å². The highest BCUT2D eigenvalue weighted by Crippen LogP contribution is 2.44. The Kier molecular flexibility index (Phi) is 3.79. The van der Waals surface area contributed by atoms with E-state index in [1.807, 2.05) is 0 Å². The fourth-order valence-electron chi connectivity index (χ4n) is 1.53. The molecule has 2 rings (SSSR count). The highest BCUT2D eigenvalue weighted by Gasteiger charge is 2.25. The summed E-state index contributed by atoms with van der Waals surface area (Å²) in [5.74, 6) is 0.335. The summed E-state index contributed by atoms with van der Waals surface area (Å²) in [6.45, 7) is 1.01. The normalized spacial score (nSPS) is 14.1. The highest BCUT2D eigenvalue weighted by atomic mass is 79.9. The van der Waals surface area contributed by atoms with Crippen LogP contribution in [0, 0.1) is 0 Å². The standard InChI is InChI=1S/C11H10BrClO4/c1-15-11(14)6-5-7(13)8(12)10-9(6)16-3-2-4-17-10/h5H,2-4H2,1H3. The van der Waals surface area contributed by atoms with Crippen molar-refractivity contribution >= 4 is 33.5 Å². The molecule has 92 valence electrons. The summed E-state index contributed by atoms with van der Waals surface area (Å²) in [6, 6.07) is 1.50. The molecule has 0 fully saturated rings. The van der Waals surface area contributed by atoms with Crippen LogP contribution in [0.25, 0.3) is 0 Å². The number of carbonyl (C=O) groups is 1. The van der Waals surface area contributed by atoms with E-state index < -0.39 is 5.97 Å². The summed E-state index contributed by atoms with van der Waals surface area (Å²) in [4.78, 5) is 11.6. The van der Waals surface area contributed by atoms with Crippen molar-refractivity contribution in [2.24, 2.45) is 0 Å². The molecule has 0 saturated heterocycles. The zero-order valence-corrected chi connectivity index (χ0v) is 11.4. The number of hydrogen-bond acceptors (Lipinski definition) is 4. The lowest BCUT2D eigenvalue weighted by atomic mass is 10.2. The molecule has 0 N–H and O–H groups in total. The predicted molar refractivity (Wildman–Crippen MR) is 66.1 cm³/mol. The third-order valence-electron chi connectivity index (χ3n) is 2.32. The number of ether oxygens (including phenoxy) is 3. The molecular weight excluding hydrogens is 311 g/mol. The number of fused-ring (bicyclic) bond motifs is 1. The van der Waals surface area contributed by atoms with E-state index >= 15 is 0 Å². The number of carbonyl (C=O) groups excluding carboxylic acids is 1. The van der Waals surface area contributed by atoms with Crippen molar-refractivity contribution in [1.82, 2.24) is 0 Å². The molecule has 0 bridgehead atoms. The average Bonchev–Trinajstić information content (AvgIpc) is 2.58. The van der Waals surface area contributed by atoms with Crippen LogP contribution in [0.3, 0.4) is 0 Å². The Balaban J connectivity index is 2.60. The van der Waals surface area contributed by atoms with Crippen LogP contribution in [0.15, 0.2) is 10.5 Å². The van der Waals surface area contributed by atoms with Crippen LogP contribution >= 0.6 is 27.5 Å². The highest BCUT2D eigenvalue weighted by molar-refractivity contribution is 9.10. The fraction of sp³-hybridized carbons (Fsp3) is 0.364. The topological polar surface area (TPSA) is 44.8 Å². The van der Waals surface area contributed by atoms with E-state index in [1.54, 1.807) is 0 Å². The molecular formula is C11H10BrClO4. The summed E-state index contributed by atoms with van der Waals surface area (Å²) in [5, 5.41) is 0.384. The lowest BCUT2D eigenvalue weighted by molar-refractivity contribution is 0.0596. The van der Waals surface area contributed by atoms with Gasteiger partial charge in [0.2, 0.25) is 0 Å². The van der Waals surface area contributed by atoms with Crippen LogP contribution in [0.1, 0.15) is 16.8 Å². The summed E-state index contributed by atoms with van der Waals surface area (Å²) in [5.41, 5.74) is 0.276. The third kappa shape index (κ3) is 2.35. The van der Waals surface area contributed by atoms with Gasteiger partial charge in [-0.3, -0.25) is 0 Å². The molecule has 1 aromatic carbocycles. The SMILES string of the molecule is COC(=O)c1cc(Cl)c(Br)c2c1OCCCO2. The van der Waals surface area contributed by atoms with E-state index in [9.17, 15) is 4.79 Å². The molecule has 4 nitrogen and oxygen atoms in total. The van der Waals surface area contributed by atoms with Crippen molar-refractivity contribution in [2.45, 2.75) is 6.42 Å². The smallest absolute Gasteiger partial charge is 0.341 e. The first kappa shape index (κ1) is 12.5. The predicted octanol–water partition coefficient (Wildman–Crippen LogP) is 3.05. The molecule has 1 aromatic rings. The van der Waals surface area contributed by atoms with Crippen LogP contribution < -0.4 is 9.47 Å². The molecule has 1 aliphatic heterocycles. The minimum absolute atomic E-state index is 0.276. The van der Waals surface area contributed by atoms with Gasteiger partial charge in [-0.1, -0.05) is 11.6 Å². The first-order chi connectivity index (χ1) is 8.15. The zero-order valence-electron chi connectivity index (χ0n) is 9.09. The maximum atomic E-state index is 11.6. The van der Waals surface area contributed by atoms with Gasteiger partial charge >= 0.3 is 5.97 Å². The molecule has 0 saturated carbocycles. The summed E-state index contributed by atoms with van der Waals surface area (Å²) >= 11 is 9.33. The van der Waals surface area contributed by atoms with Crippen LogP contribution in [0.2, 0.25) is 5.02 Å². The lowest BCUT2D eigenvalue weighted by Gasteiger charge is -2.13. The zero-order chi connectivity index (χ0) is 12.4. The Labute approximate surface area is 112 Å². The summed E-state index contributed by atoms with van der Waals surface area (Å²) < 4.78 is 16.3. The first-order valence-corrected chi connectivity index (χ1v) is 6.18. The molecule has 0 aromatic heterocycles. The monoisotopic (exact) mass is 320 g/mol. The first-order valence-electron chi connectivity index (χ1n) is 5.01. The van der Waals surface area contributed by atoms with E-state index in [-0.39, 0.29) is 5.56 Å². The molecule has 0 radical (unpaired) electrons. The van der Waals surface area contributed by atoms with Crippen LogP contribution in [-0.2, 0) is 4.74 Å². The van der Waals surface area contributed by atoms with Gasteiger partial charge in [0.05, 0.1) is 29.8 Å². The number of rotatable bonds is 1. The van der Waals surface area contributed by atoms with Gasteiger partial charge in [0.1, 0.15) is 5.56 Å². The van der Waals surface area contributed by atoms with E-state index in [4.69, 9.17) is 21.1 Å². The van der Waals surface area contributed by atoms with Crippen molar-refractivity contribution in [3.63, 3.8) is 0 Å². The van der Waals surface area contributed by atoms with Crippen molar-refractivity contribution in [3.05, 3.63) is 21.1 Å². The van der Waals surface area contributed by atoms with Crippen molar-refractivity contribution < 1.29 is 19.0 Å². The molecule has 6 heteroatoms. The van der Waals surface area contributed by atoms with Gasteiger partial charge in [-0.15, -0.1) is 0 Å². The van der Waals surface area contributed by atoms with Crippen LogP contribution in [0.4, 0.5) is 0 Å². The molecule has 1 aliphatic rings. The van der Waals surface area contributed by atoms with Gasteiger partial charge in [-0.2, -0.15) is 0 Å². The van der Waals surface area contributed by atoms with Crippen molar-refractivity contribution in [3.8, 4) is 11.5 Å². The maximum Gasteiger partial charge on any atom is 0.341 e. The van der Waals surface area contributed by atoms with E-state index in [0.717, 1.165) is 6.42 Å². The summed E-state index contributed by atoms with van der Waals surface area (Å²) in [6.07, 6.45) is 0.749. The Morgan fingerprint density at radius 1 is 1.41 bits per heavy atom. The van der Waals surface area contributed by atoms with Crippen molar-refractivity contribution in [2.75, 3.05) is 20.3 Å². The van der Waals surface area contributed by atoms with E-state index in [0.29, 0.717) is 34.2 Å². The molecule has 0 amide bonds. The van der Waals surface area contributed by atoms with Gasteiger partial charge in [-0.05, 0) is 22.0 Å². The summed E-state index contributed by atoms with van der Waals surface area (Å²) in [7, 11) is 1.31. The quantitative estimate of drug-likeness (QED) is 0.746. The Hall–Kier alpha value is -0.940. The van der Waals surface area contributed by atoms with Crippen molar-refractivity contribution in [1.29, 1.82) is 0 Å². The molecule has 0 atom stereocenters. The Morgan fingerprint density at radius 2 is 2.06 bits per heavy atom. The second-order valence-electron chi connectivity index (χ2n) is 3.42. The van der Waals surface area contributed by atoms with Gasteiger partial charge in [0.15, 0.2) is 11.5 Å². The number of halogens is 2. The Bertz CT molecular complexity index is 461. The minimum atomic E-state index is -0.499. The average molecular weight is 322 g/mol. The maximum absolute atomic E-state index is 11.6. The number of benzene rings is 1. The second-order valence-corrected chi connectivity index (χ2v) is 4.62. The minimum Gasteiger partial charge on any atom is -0.489 e. The third-order valence-corrected chi connectivity index (χ3v) is 3.63. The molecule has 0 unspecified atom stereocenters. The molecule has 0 aliphatic carbocycles. The van der Waals surface area contributed by atoms with Crippen LogP contribution in [-0.4, -0.2) is 26.3 Å². The molecule has 1 heterocycles. The Morgan fingerprint density at radius 3 is 2.71 bits per heavy atom. The number of esters is 1.